The number of aliphatic imine (C=N–C) groups is 1. The Hall–Kier alpha value is -1.31. The highest BCUT2D eigenvalue weighted by atomic mass is 35.5. The summed E-state index contributed by atoms with van der Waals surface area (Å²) in [5.41, 5.74) is 0.950. The van der Waals surface area contributed by atoms with E-state index in [0.717, 1.165) is 11.3 Å². The van der Waals surface area contributed by atoms with Gasteiger partial charge in [0.15, 0.2) is 0 Å². The number of halogens is 1. The van der Waals surface area contributed by atoms with E-state index in [1.165, 1.54) is 6.08 Å². The number of rotatable bonds is 4. The zero-order valence-corrected chi connectivity index (χ0v) is 8.54. The van der Waals surface area contributed by atoms with Gasteiger partial charge >= 0.3 is 0 Å². The van der Waals surface area contributed by atoms with E-state index in [1.807, 2.05) is 12.1 Å². The monoisotopic (exact) mass is 211 g/mol. The molecule has 0 amide bonds. The number of benzene rings is 1. The average molecular weight is 212 g/mol. The van der Waals surface area contributed by atoms with Crippen molar-refractivity contribution in [2.24, 2.45) is 4.99 Å². The fraction of sp³-hybridized carbons (Fsp3) is 0.300. The van der Waals surface area contributed by atoms with Crippen LogP contribution >= 0.6 is 11.6 Å². The van der Waals surface area contributed by atoms with Gasteiger partial charge in [0.25, 0.3) is 0 Å². The van der Waals surface area contributed by atoms with Gasteiger partial charge in [-0.05, 0) is 24.1 Å². The molecular weight excluding hydrogens is 202 g/mol. The molecule has 0 heterocycles. The molecule has 4 heteroatoms. The standard InChI is InChI=1S/C10H10ClNO2/c1-14-9-3-2-8(10(11)6-9)4-5-12-7-13/h2-3,6H,4-5H2,1H3. The minimum Gasteiger partial charge on any atom is -0.497 e. The highest BCUT2D eigenvalue weighted by Crippen LogP contribution is 2.22. The fourth-order valence-corrected chi connectivity index (χ4v) is 1.34. The van der Waals surface area contributed by atoms with E-state index in [2.05, 4.69) is 4.99 Å². The van der Waals surface area contributed by atoms with Crippen molar-refractivity contribution < 1.29 is 9.53 Å². The second-order valence-electron chi connectivity index (χ2n) is 2.68. The number of hydrogen-bond donors (Lipinski definition) is 0. The van der Waals surface area contributed by atoms with E-state index in [-0.39, 0.29) is 0 Å². The summed E-state index contributed by atoms with van der Waals surface area (Å²) < 4.78 is 5.01. The van der Waals surface area contributed by atoms with Crippen molar-refractivity contribution in [2.45, 2.75) is 6.42 Å². The third-order valence-electron chi connectivity index (χ3n) is 1.82. The van der Waals surface area contributed by atoms with Gasteiger partial charge in [-0.25, -0.2) is 9.79 Å². The molecule has 0 saturated carbocycles. The Morgan fingerprint density at radius 2 is 2.36 bits per heavy atom. The van der Waals surface area contributed by atoms with E-state index >= 15 is 0 Å². The second-order valence-corrected chi connectivity index (χ2v) is 3.09. The van der Waals surface area contributed by atoms with Gasteiger partial charge in [-0.15, -0.1) is 0 Å². The smallest absolute Gasteiger partial charge is 0.234 e. The molecular formula is C10H10ClNO2. The van der Waals surface area contributed by atoms with Crippen LogP contribution in [0.1, 0.15) is 5.56 Å². The Morgan fingerprint density at radius 3 is 2.93 bits per heavy atom. The first-order chi connectivity index (χ1) is 6.77. The van der Waals surface area contributed by atoms with Crippen molar-refractivity contribution in [2.75, 3.05) is 13.7 Å². The summed E-state index contributed by atoms with van der Waals surface area (Å²) >= 11 is 5.97. The molecule has 1 rings (SSSR count). The molecule has 0 radical (unpaired) electrons. The van der Waals surface area contributed by atoms with Crippen LogP contribution in [0.25, 0.3) is 0 Å². The molecule has 0 aliphatic rings. The lowest BCUT2D eigenvalue weighted by atomic mass is 10.1. The molecule has 0 bridgehead atoms. The maximum atomic E-state index is 9.84. The predicted molar refractivity (Wildman–Crippen MR) is 54.7 cm³/mol. The third kappa shape index (κ3) is 2.87. The number of nitrogens with zero attached hydrogens (tertiary/aromatic N) is 1. The number of hydrogen-bond acceptors (Lipinski definition) is 3. The predicted octanol–water partition coefficient (Wildman–Crippen LogP) is 2.23. The highest BCUT2D eigenvalue weighted by Gasteiger charge is 2.01. The first-order valence-electron chi connectivity index (χ1n) is 4.14. The van der Waals surface area contributed by atoms with Crippen LogP contribution in [0.2, 0.25) is 5.02 Å². The van der Waals surface area contributed by atoms with Crippen molar-refractivity contribution in [1.29, 1.82) is 0 Å². The topological polar surface area (TPSA) is 38.7 Å². The van der Waals surface area contributed by atoms with Crippen LogP contribution in [0, 0.1) is 0 Å². The molecule has 0 saturated heterocycles. The summed E-state index contributed by atoms with van der Waals surface area (Å²) in [5, 5.41) is 0.630. The summed E-state index contributed by atoms with van der Waals surface area (Å²) in [6.07, 6.45) is 2.12. The maximum Gasteiger partial charge on any atom is 0.234 e. The van der Waals surface area contributed by atoms with Crippen LogP contribution in [-0.4, -0.2) is 19.7 Å². The van der Waals surface area contributed by atoms with Gasteiger partial charge < -0.3 is 4.74 Å². The molecule has 0 aromatic heterocycles. The summed E-state index contributed by atoms with van der Waals surface area (Å²) in [6, 6.07) is 5.43. The molecule has 0 unspecified atom stereocenters. The fourth-order valence-electron chi connectivity index (χ4n) is 1.08. The Bertz CT molecular complexity index is 359. The van der Waals surface area contributed by atoms with E-state index in [1.54, 1.807) is 13.2 Å². The molecule has 74 valence electrons. The van der Waals surface area contributed by atoms with E-state index < -0.39 is 0 Å². The number of ether oxygens (including phenoxy) is 1. The summed E-state index contributed by atoms with van der Waals surface area (Å²) in [4.78, 5) is 13.3. The van der Waals surface area contributed by atoms with Gasteiger partial charge in [-0.3, -0.25) is 0 Å². The largest absolute Gasteiger partial charge is 0.497 e. The van der Waals surface area contributed by atoms with Gasteiger partial charge in [-0.1, -0.05) is 17.7 Å². The lowest BCUT2D eigenvalue weighted by molar-refractivity contribution is 0.414. The molecule has 1 aromatic carbocycles. The highest BCUT2D eigenvalue weighted by molar-refractivity contribution is 6.31. The van der Waals surface area contributed by atoms with Gasteiger partial charge in [0, 0.05) is 5.02 Å². The van der Waals surface area contributed by atoms with Gasteiger partial charge in [0.2, 0.25) is 6.08 Å². The van der Waals surface area contributed by atoms with Crippen molar-refractivity contribution >= 4 is 17.7 Å². The molecule has 14 heavy (non-hydrogen) atoms. The molecule has 0 N–H and O–H groups in total. The zero-order chi connectivity index (χ0) is 10.4. The van der Waals surface area contributed by atoms with E-state index in [9.17, 15) is 4.79 Å². The quantitative estimate of drug-likeness (QED) is 0.566. The summed E-state index contributed by atoms with van der Waals surface area (Å²) in [7, 11) is 1.59. The number of isocyanates is 1. The van der Waals surface area contributed by atoms with Gasteiger partial charge in [0.05, 0.1) is 13.7 Å². The summed E-state index contributed by atoms with van der Waals surface area (Å²) in [5.74, 6) is 0.720. The second kappa shape index (κ2) is 5.43. The minimum atomic E-state index is 0.412. The number of carbonyl (C=O) groups excluding carboxylic acids is 1. The number of methoxy groups -OCH3 is 1. The molecule has 0 atom stereocenters. The van der Waals surface area contributed by atoms with Crippen LogP contribution in [-0.2, 0) is 11.2 Å². The first kappa shape index (κ1) is 10.8. The van der Waals surface area contributed by atoms with Crippen LogP contribution in [0.15, 0.2) is 23.2 Å². The summed E-state index contributed by atoms with van der Waals surface area (Å²) in [6.45, 7) is 0.412. The van der Waals surface area contributed by atoms with Crippen molar-refractivity contribution in [1.82, 2.24) is 0 Å². The van der Waals surface area contributed by atoms with E-state index in [0.29, 0.717) is 18.0 Å². The van der Waals surface area contributed by atoms with Crippen LogP contribution in [0.5, 0.6) is 5.75 Å². The lowest BCUT2D eigenvalue weighted by Crippen LogP contribution is -1.91. The normalized spacial score (nSPS) is 9.29. The molecule has 0 aliphatic heterocycles. The van der Waals surface area contributed by atoms with Crippen LogP contribution in [0.4, 0.5) is 0 Å². The Labute approximate surface area is 87.4 Å². The average Bonchev–Trinajstić information content (AvgIpc) is 2.20. The van der Waals surface area contributed by atoms with Gasteiger partial charge in [-0.2, -0.15) is 0 Å². The van der Waals surface area contributed by atoms with Crippen molar-refractivity contribution in [3.8, 4) is 5.75 Å². The minimum absolute atomic E-state index is 0.412. The molecule has 0 spiro atoms. The zero-order valence-electron chi connectivity index (χ0n) is 7.79. The Balaban J connectivity index is 2.73. The van der Waals surface area contributed by atoms with Crippen LogP contribution in [0.3, 0.4) is 0 Å². The molecule has 1 aromatic rings. The first-order valence-corrected chi connectivity index (χ1v) is 4.51. The third-order valence-corrected chi connectivity index (χ3v) is 2.17. The Morgan fingerprint density at radius 1 is 1.57 bits per heavy atom. The maximum absolute atomic E-state index is 9.84. The Kier molecular flexibility index (Phi) is 4.17. The SMILES string of the molecule is COc1ccc(CCN=C=O)c(Cl)c1. The molecule has 0 aliphatic carbocycles. The van der Waals surface area contributed by atoms with E-state index in [4.69, 9.17) is 16.3 Å². The molecule has 0 fully saturated rings. The van der Waals surface area contributed by atoms with Crippen molar-refractivity contribution in [3.63, 3.8) is 0 Å². The molecule has 3 nitrogen and oxygen atoms in total. The van der Waals surface area contributed by atoms with Gasteiger partial charge in [0.1, 0.15) is 5.75 Å². The van der Waals surface area contributed by atoms with Crippen molar-refractivity contribution in [3.05, 3.63) is 28.8 Å². The van der Waals surface area contributed by atoms with Crippen LogP contribution < -0.4 is 4.74 Å². The lowest BCUT2D eigenvalue weighted by Gasteiger charge is -2.04.